The average Bonchev–Trinajstić information content (AvgIpc) is 2.59. The van der Waals surface area contributed by atoms with Crippen LogP contribution in [0.1, 0.15) is 31.2 Å². The van der Waals surface area contributed by atoms with Gasteiger partial charge in [-0.1, -0.05) is 17.7 Å². The van der Waals surface area contributed by atoms with Gasteiger partial charge in [0.05, 0.1) is 21.5 Å². The molecule has 2 unspecified atom stereocenters. The number of rotatable bonds is 3. The molecule has 2 aliphatic rings. The minimum absolute atomic E-state index is 0.119. The van der Waals surface area contributed by atoms with Crippen LogP contribution in [0.2, 0.25) is 0 Å². The van der Waals surface area contributed by atoms with Gasteiger partial charge in [-0.15, -0.1) is 0 Å². The van der Waals surface area contributed by atoms with E-state index in [9.17, 15) is 16.8 Å². The summed E-state index contributed by atoms with van der Waals surface area (Å²) in [5, 5.41) is -0.871. The van der Waals surface area contributed by atoms with Crippen molar-refractivity contribution in [1.29, 1.82) is 0 Å². The van der Waals surface area contributed by atoms with Crippen LogP contribution in [0, 0.1) is 6.92 Å². The highest BCUT2D eigenvalue weighted by atomic mass is 32.2. The standard InChI is InChI=1S/C14H18O5S2/c1-10-2-4-12(5-3-10)21(17,18)19-11-8-13-6-7-14(9-11)20(13,15)16/h2-5,11,13-14H,6-9H2,1H3. The SMILES string of the molecule is Cc1ccc(S(=O)(=O)OC2CC3CCC(C2)S3(=O)=O)cc1. The maximum absolute atomic E-state index is 12.2. The van der Waals surface area contributed by atoms with Gasteiger partial charge in [-0.25, -0.2) is 8.42 Å². The highest BCUT2D eigenvalue weighted by Crippen LogP contribution is 2.40. The molecule has 2 saturated heterocycles. The topological polar surface area (TPSA) is 77.5 Å². The van der Waals surface area contributed by atoms with E-state index in [1.807, 2.05) is 6.92 Å². The van der Waals surface area contributed by atoms with E-state index in [-0.39, 0.29) is 17.7 Å². The van der Waals surface area contributed by atoms with Crippen molar-refractivity contribution < 1.29 is 21.0 Å². The molecule has 1 aromatic carbocycles. The average molecular weight is 330 g/mol. The van der Waals surface area contributed by atoms with E-state index in [1.165, 1.54) is 12.1 Å². The van der Waals surface area contributed by atoms with Gasteiger partial charge >= 0.3 is 0 Å². The summed E-state index contributed by atoms with van der Waals surface area (Å²) in [6.07, 6.45) is 1.28. The lowest BCUT2D eigenvalue weighted by atomic mass is 10.1. The Labute approximate surface area is 125 Å². The summed E-state index contributed by atoms with van der Waals surface area (Å²) in [7, 11) is -6.89. The number of sulfone groups is 1. The van der Waals surface area contributed by atoms with E-state index in [4.69, 9.17) is 4.18 Å². The predicted octanol–water partition coefficient (Wildman–Crippen LogP) is 1.81. The van der Waals surface area contributed by atoms with Gasteiger partial charge in [0.2, 0.25) is 0 Å². The largest absolute Gasteiger partial charge is 0.297 e. The van der Waals surface area contributed by atoms with Crippen LogP contribution < -0.4 is 0 Å². The number of fused-ring (bicyclic) bond motifs is 2. The molecule has 1 aromatic rings. The number of hydrogen-bond donors (Lipinski definition) is 0. The number of hydrogen-bond acceptors (Lipinski definition) is 5. The highest BCUT2D eigenvalue weighted by Gasteiger charge is 2.48. The highest BCUT2D eigenvalue weighted by molar-refractivity contribution is 7.93. The van der Waals surface area contributed by atoms with Crippen LogP contribution >= 0.6 is 0 Å². The van der Waals surface area contributed by atoms with Gasteiger partial charge < -0.3 is 0 Å². The first-order chi connectivity index (χ1) is 9.79. The quantitative estimate of drug-likeness (QED) is 0.790. The van der Waals surface area contributed by atoms with Crippen LogP contribution in [-0.2, 0) is 24.1 Å². The van der Waals surface area contributed by atoms with Crippen molar-refractivity contribution >= 4 is 20.0 Å². The Kier molecular flexibility index (Phi) is 3.62. The minimum Gasteiger partial charge on any atom is -0.263 e. The fraction of sp³-hybridized carbons (Fsp3) is 0.571. The van der Waals surface area contributed by atoms with Gasteiger partial charge in [-0.05, 0) is 44.7 Å². The fourth-order valence-electron chi connectivity index (χ4n) is 3.18. The monoisotopic (exact) mass is 330 g/mol. The van der Waals surface area contributed by atoms with E-state index in [0.29, 0.717) is 12.8 Å². The molecule has 21 heavy (non-hydrogen) atoms. The minimum atomic E-state index is -3.83. The Morgan fingerprint density at radius 2 is 1.57 bits per heavy atom. The third-order valence-corrected chi connectivity index (χ3v) is 8.45. The van der Waals surface area contributed by atoms with Crippen LogP contribution in [0.25, 0.3) is 0 Å². The Balaban J connectivity index is 1.77. The molecule has 2 heterocycles. The zero-order valence-corrected chi connectivity index (χ0v) is 13.4. The van der Waals surface area contributed by atoms with Crippen molar-refractivity contribution in [1.82, 2.24) is 0 Å². The zero-order chi connectivity index (χ0) is 15.3. The molecule has 0 saturated carbocycles. The van der Waals surface area contributed by atoms with E-state index >= 15 is 0 Å². The van der Waals surface area contributed by atoms with Crippen molar-refractivity contribution in [3.8, 4) is 0 Å². The molecule has 2 fully saturated rings. The van der Waals surface area contributed by atoms with Gasteiger partial charge in [-0.3, -0.25) is 4.18 Å². The van der Waals surface area contributed by atoms with Crippen LogP contribution in [-0.4, -0.2) is 33.4 Å². The molecule has 0 spiro atoms. The molecule has 0 amide bonds. The molecule has 2 atom stereocenters. The Hall–Kier alpha value is -0.920. The van der Waals surface area contributed by atoms with Crippen molar-refractivity contribution in [3.05, 3.63) is 29.8 Å². The Morgan fingerprint density at radius 1 is 1.05 bits per heavy atom. The van der Waals surface area contributed by atoms with Gasteiger partial charge in [0.15, 0.2) is 9.84 Å². The molecule has 116 valence electrons. The van der Waals surface area contributed by atoms with Gasteiger partial charge in [0.25, 0.3) is 10.1 Å². The second-order valence-electron chi connectivity index (χ2n) is 5.87. The van der Waals surface area contributed by atoms with Crippen LogP contribution in [0.4, 0.5) is 0 Å². The van der Waals surface area contributed by atoms with Crippen molar-refractivity contribution in [3.63, 3.8) is 0 Å². The molecule has 0 radical (unpaired) electrons. The number of aryl methyl sites for hydroxylation is 1. The molecule has 5 nitrogen and oxygen atoms in total. The number of benzene rings is 1. The third kappa shape index (κ3) is 2.74. The summed E-state index contributed by atoms with van der Waals surface area (Å²) in [5.74, 6) is 0. The smallest absolute Gasteiger partial charge is 0.263 e. The van der Waals surface area contributed by atoms with Gasteiger partial charge in [0.1, 0.15) is 0 Å². The summed E-state index contributed by atoms with van der Waals surface area (Å²) >= 11 is 0. The lowest BCUT2D eigenvalue weighted by molar-refractivity contribution is 0.186. The van der Waals surface area contributed by atoms with Crippen molar-refractivity contribution in [2.45, 2.75) is 54.1 Å². The van der Waals surface area contributed by atoms with Crippen molar-refractivity contribution in [2.75, 3.05) is 0 Å². The van der Waals surface area contributed by atoms with Crippen LogP contribution in [0.5, 0.6) is 0 Å². The molecular formula is C14H18O5S2. The van der Waals surface area contributed by atoms with E-state index in [1.54, 1.807) is 12.1 Å². The normalized spacial score (nSPS) is 31.2. The molecule has 0 N–H and O–H groups in total. The lowest BCUT2D eigenvalue weighted by Gasteiger charge is -2.27. The predicted molar refractivity (Wildman–Crippen MR) is 78.2 cm³/mol. The summed E-state index contributed by atoms with van der Waals surface area (Å²) in [5.41, 5.74) is 0.968. The Morgan fingerprint density at radius 3 is 2.10 bits per heavy atom. The molecule has 2 bridgehead atoms. The molecule has 0 aliphatic carbocycles. The second-order valence-corrected chi connectivity index (χ2v) is 9.95. The summed E-state index contributed by atoms with van der Waals surface area (Å²) in [6, 6.07) is 6.45. The fourth-order valence-corrected chi connectivity index (χ4v) is 6.71. The first-order valence-electron chi connectivity index (χ1n) is 7.02. The zero-order valence-electron chi connectivity index (χ0n) is 11.7. The first-order valence-corrected chi connectivity index (χ1v) is 10.0. The maximum Gasteiger partial charge on any atom is 0.297 e. The molecular weight excluding hydrogens is 312 g/mol. The summed E-state index contributed by atoms with van der Waals surface area (Å²) < 4.78 is 53.7. The third-order valence-electron chi connectivity index (χ3n) is 4.36. The van der Waals surface area contributed by atoms with Crippen molar-refractivity contribution in [2.24, 2.45) is 0 Å². The van der Waals surface area contributed by atoms with Gasteiger partial charge in [0, 0.05) is 0 Å². The van der Waals surface area contributed by atoms with Gasteiger partial charge in [-0.2, -0.15) is 8.42 Å². The lowest BCUT2D eigenvalue weighted by Crippen LogP contribution is -2.37. The van der Waals surface area contributed by atoms with E-state index < -0.39 is 36.6 Å². The van der Waals surface area contributed by atoms with E-state index in [2.05, 4.69) is 0 Å². The molecule has 0 aromatic heterocycles. The molecule has 2 aliphatic heterocycles. The Bertz CT molecular complexity index is 714. The summed E-state index contributed by atoms with van der Waals surface area (Å²) in [6.45, 7) is 1.88. The second kappa shape index (κ2) is 5.07. The molecule has 3 rings (SSSR count). The molecule has 7 heteroatoms. The van der Waals surface area contributed by atoms with E-state index in [0.717, 1.165) is 5.56 Å². The van der Waals surface area contributed by atoms with Crippen LogP contribution in [0.15, 0.2) is 29.2 Å². The van der Waals surface area contributed by atoms with Crippen LogP contribution in [0.3, 0.4) is 0 Å². The first kappa shape index (κ1) is 15.0. The maximum atomic E-state index is 12.2. The summed E-state index contributed by atoms with van der Waals surface area (Å²) in [4.78, 5) is 0.119.